The molecule has 3 rings (SSSR count). The van der Waals surface area contributed by atoms with Crippen LogP contribution in [0.25, 0.3) is 0 Å². The summed E-state index contributed by atoms with van der Waals surface area (Å²) in [6.07, 6.45) is 3.68. The molecule has 0 radical (unpaired) electrons. The summed E-state index contributed by atoms with van der Waals surface area (Å²) in [5, 5.41) is 4.12. The summed E-state index contributed by atoms with van der Waals surface area (Å²) in [7, 11) is 1.84. The highest BCUT2D eigenvalue weighted by Gasteiger charge is 2.32. The normalized spacial score (nSPS) is 18.5. The second kappa shape index (κ2) is 4.96. The number of fused-ring (bicyclic) bond motifs is 1. The summed E-state index contributed by atoms with van der Waals surface area (Å²) in [6.45, 7) is 1.39. The Morgan fingerprint density at radius 3 is 2.85 bits per heavy atom. The van der Waals surface area contributed by atoms with Crippen molar-refractivity contribution in [3.05, 3.63) is 52.9 Å². The molecule has 6 heteroatoms. The summed E-state index contributed by atoms with van der Waals surface area (Å²) in [5.74, 6) is -1.05. The molecule has 1 unspecified atom stereocenters. The van der Waals surface area contributed by atoms with Crippen molar-refractivity contribution in [2.45, 2.75) is 19.1 Å². The van der Waals surface area contributed by atoms with E-state index in [1.807, 2.05) is 18.1 Å². The highest BCUT2D eigenvalue weighted by molar-refractivity contribution is 5.36. The largest absolute Gasteiger partial charge is 0.329 e. The van der Waals surface area contributed by atoms with Gasteiger partial charge in [0.1, 0.15) is 11.6 Å². The zero-order chi connectivity index (χ0) is 14.3. The van der Waals surface area contributed by atoms with Gasteiger partial charge in [-0.05, 0) is 11.6 Å². The summed E-state index contributed by atoms with van der Waals surface area (Å²) in [6, 6.07) is 2.16. The summed E-state index contributed by atoms with van der Waals surface area (Å²) >= 11 is 0. The molecule has 0 saturated heterocycles. The van der Waals surface area contributed by atoms with Gasteiger partial charge in [-0.25, -0.2) is 8.78 Å². The Bertz CT molecular complexity index is 638. The molecule has 2 aromatic rings. The number of nitrogens with two attached hydrogens (primary N) is 1. The van der Waals surface area contributed by atoms with Gasteiger partial charge in [-0.2, -0.15) is 5.10 Å². The minimum atomic E-state index is -0.553. The van der Waals surface area contributed by atoms with Crippen LogP contribution in [-0.4, -0.2) is 21.2 Å². The van der Waals surface area contributed by atoms with Crippen molar-refractivity contribution in [2.75, 3.05) is 6.54 Å². The Morgan fingerprint density at radius 1 is 1.40 bits per heavy atom. The Balaban J connectivity index is 1.90. The van der Waals surface area contributed by atoms with Gasteiger partial charge in [-0.1, -0.05) is 0 Å². The zero-order valence-electron chi connectivity index (χ0n) is 11.2. The molecule has 0 amide bonds. The number of hydrogen-bond acceptors (Lipinski definition) is 3. The van der Waals surface area contributed by atoms with E-state index in [1.165, 1.54) is 6.07 Å². The lowest BCUT2D eigenvalue weighted by Crippen LogP contribution is -2.27. The number of hydrogen-bond donors (Lipinski definition) is 1. The zero-order valence-corrected chi connectivity index (χ0v) is 11.2. The van der Waals surface area contributed by atoms with Crippen LogP contribution in [0.1, 0.15) is 22.7 Å². The lowest BCUT2D eigenvalue weighted by molar-refractivity contribution is 0.210. The number of benzene rings is 1. The standard InChI is InChI=1S/C14H16F2N4/c1-19-6-9(5-18-19)7-20-8-12-11(14(20)4-17)2-10(15)3-13(12)16/h2-3,5-6,14H,4,7-8,17H2,1H3. The van der Waals surface area contributed by atoms with Gasteiger partial charge in [0.25, 0.3) is 0 Å². The van der Waals surface area contributed by atoms with Crippen LogP contribution in [0.15, 0.2) is 24.5 Å². The van der Waals surface area contributed by atoms with Crippen molar-refractivity contribution in [3.8, 4) is 0 Å². The summed E-state index contributed by atoms with van der Waals surface area (Å²) < 4.78 is 28.9. The second-order valence-electron chi connectivity index (χ2n) is 5.13. The Kier molecular flexibility index (Phi) is 3.27. The SMILES string of the molecule is Cn1cc(CN2Cc3c(F)cc(F)cc3C2CN)cn1. The molecule has 4 nitrogen and oxygen atoms in total. The molecule has 0 fully saturated rings. The third-order valence-corrected chi connectivity index (χ3v) is 3.72. The molecule has 2 heterocycles. The number of aromatic nitrogens is 2. The van der Waals surface area contributed by atoms with Crippen LogP contribution in [0.3, 0.4) is 0 Å². The Labute approximate surface area is 115 Å². The van der Waals surface area contributed by atoms with Crippen LogP contribution >= 0.6 is 0 Å². The third-order valence-electron chi connectivity index (χ3n) is 3.72. The van der Waals surface area contributed by atoms with Gasteiger partial charge in [0.2, 0.25) is 0 Å². The van der Waals surface area contributed by atoms with Crippen LogP contribution in [0, 0.1) is 11.6 Å². The second-order valence-corrected chi connectivity index (χ2v) is 5.13. The van der Waals surface area contributed by atoms with E-state index in [0.717, 1.165) is 11.6 Å². The van der Waals surface area contributed by atoms with Crippen molar-refractivity contribution in [1.82, 2.24) is 14.7 Å². The number of halogens is 2. The van der Waals surface area contributed by atoms with E-state index in [4.69, 9.17) is 5.73 Å². The maximum Gasteiger partial charge on any atom is 0.130 e. The molecule has 1 aromatic carbocycles. The fraction of sp³-hybridized carbons (Fsp3) is 0.357. The third kappa shape index (κ3) is 2.21. The van der Waals surface area contributed by atoms with E-state index < -0.39 is 11.6 Å². The number of nitrogens with zero attached hydrogens (tertiary/aromatic N) is 3. The fourth-order valence-electron chi connectivity index (χ4n) is 2.83. The van der Waals surface area contributed by atoms with Gasteiger partial charge in [-0.15, -0.1) is 0 Å². The van der Waals surface area contributed by atoms with E-state index >= 15 is 0 Å². The highest BCUT2D eigenvalue weighted by Crippen LogP contribution is 2.36. The lowest BCUT2D eigenvalue weighted by atomic mass is 10.0. The molecular formula is C14H16F2N4. The monoisotopic (exact) mass is 278 g/mol. The van der Waals surface area contributed by atoms with Crippen molar-refractivity contribution >= 4 is 0 Å². The fourth-order valence-corrected chi connectivity index (χ4v) is 2.83. The molecule has 0 aliphatic carbocycles. The van der Waals surface area contributed by atoms with Crippen LogP contribution in [0.2, 0.25) is 0 Å². The van der Waals surface area contributed by atoms with E-state index in [9.17, 15) is 8.78 Å². The van der Waals surface area contributed by atoms with Crippen molar-refractivity contribution in [3.63, 3.8) is 0 Å². The molecule has 106 valence electrons. The predicted octanol–water partition coefficient (Wildman–Crippen LogP) is 1.71. The van der Waals surface area contributed by atoms with Crippen LogP contribution in [-0.2, 0) is 20.1 Å². The first-order valence-corrected chi connectivity index (χ1v) is 6.48. The van der Waals surface area contributed by atoms with Gasteiger partial charge < -0.3 is 5.73 Å². The molecule has 0 spiro atoms. The Morgan fingerprint density at radius 2 is 2.20 bits per heavy atom. The molecular weight excluding hydrogens is 262 g/mol. The van der Waals surface area contributed by atoms with Gasteiger partial charge in [0, 0.05) is 56.1 Å². The number of rotatable bonds is 3. The molecule has 2 N–H and O–H groups in total. The first kappa shape index (κ1) is 13.2. The maximum absolute atomic E-state index is 13.9. The van der Waals surface area contributed by atoms with Gasteiger partial charge in [-0.3, -0.25) is 9.58 Å². The molecule has 0 saturated carbocycles. The van der Waals surface area contributed by atoms with Crippen molar-refractivity contribution in [2.24, 2.45) is 12.8 Å². The first-order chi connectivity index (χ1) is 9.58. The number of aryl methyl sites for hydroxylation is 1. The maximum atomic E-state index is 13.9. The summed E-state index contributed by atoms with van der Waals surface area (Å²) in [5.41, 5.74) is 8.03. The van der Waals surface area contributed by atoms with Crippen LogP contribution in [0.5, 0.6) is 0 Å². The van der Waals surface area contributed by atoms with Gasteiger partial charge in [0.05, 0.1) is 6.20 Å². The Hall–Kier alpha value is -1.79. The molecule has 1 aliphatic rings. The highest BCUT2D eigenvalue weighted by atomic mass is 19.1. The predicted molar refractivity (Wildman–Crippen MR) is 70.6 cm³/mol. The minimum Gasteiger partial charge on any atom is -0.329 e. The van der Waals surface area contributed by atoms with Gasteiger partial charge in [0.15, 0.2) is 0 Å². The minimum absolute atomic E-state index is 0.157. The van der Waals surface area contributed by atoms with Gasteiger partial charge >= 0.3 is 0 Å². The lowest BCUT2D eigenvalue weighted by Gasteiger charge is -2.22. The van der Waals surface area contributed by atoms with Crippen molar-refractivity contribution < 1.29 is 8.78 Å². The van der Waals surface area contributed by atoms with Crippen molar-refractivity contribution in [1.29, 1.82) is 0 Å². The average molecular weight is 278 g/mol. The van der Waals surface area contributed by atoms with E-state index in [-0.39, 0.29) is 6.04 Å². The van der Waals surface area contributed by atoms with E-state index in [1.54, 1.807) is 10.9 Å². The van der Waals surface area contributed by atoms with Crippen LogP contribution in [0.4, 0.5) is 8.78 Å². The van der Waals surface area contributed by atoms with Crippen LogP contribution < -0.4 is 5.73 Å². The van der Waals surface area contributed by atoms with E-state index in [2.05, 4.69) is 5.10 Å². The molecule has 1 aromatic heterocycles. The van der Waals surface area contributed by atoms with E-state index in [0.29, 0.717) is 30.8 Å². The molecule has 1 aliphatic heterocycles. The molecule has 0 bridgehead atoms. The molecule has 1 atom stereocenters. The molecule has 20 heavy (non-hydrogen) atoms. The quantitative estimate of drug-likeness (QED) is 0.930. The topological polar surface area (TPSA) is 47.1 Å². The first-order valence-electron chi connectivity index (χ1n) is 6.48. The average Bonchev–Trinajstić information content (AvgIpc) is 2.93. The smallest absolute Gasteiger partial charge is 0.130 e. The summed E-state index contributed by atoms with van der Waals surface area (Å²) in [4.78, 5) is 2.05.